The molecule has 0 saturated carbocycles. The molecule has 1 saturated heterocycles. The van der Waals surface area contributed by atoms with E-state index in [2.05, 4.69) is 4.74 Å². The summed E-state index contributed by atoms with van der Waals surface area (Å²) >= 11 is 0. The van der Waals surface area contributed by atoms with Gasteiger partial charge in [0.15, 0.2) is 18.0 Å². The van der Waals surface area contributed by atoms with Gasteiger partial charge in [-0.25, -0.2) is 19.2 Å². The van der Waals surface area contributed by atoms with Gasteiger partial charge in [0.1, 0.15) is 6.54 Å². The van der Waals surface area contributed by atoms with Gasteiger partial charge in [0.2, 0.25) is 0 Å². The lowest BCUT2D eigenvalue weighted by Gasteiger charge is -2.33. The molecule has 0 radical (unpaired) electrons. The molecule has 0 aromatic rings. The Balaban J connectivity index is 2.29. The number of morpholine rings is 1. The summed E-state index contributed by atoms with van der Waals surface area (Å²) in [5.74, 6) is -4.89. The molecule has 1 amide bonds. The molecule has 0 N–H and O–H groups in total. The van der Waals surface area contributed by atoms with Crippen molar-refractivity contribution in [3.05, 3.63) is 24.3 Å². The first kappa shape index (κ1) is 34.9. The van der Waals surface area contributed by atoms with Crippen LogP contribution in [0.5, 0.6) is 0 Å². The topological polar surface area (TPSA) is 181 Å². The Labute approximate surface area is 237 Å². The van der Waals surface area contributed by atoms with Crippen LogP contribution in [0.2, 0.25) is 0 Å². The monoisotopic (exact) mass is 584 g/mol. The van der Waals surface area contributed by atoms with Gasteiger partial charge >= 0.3 is 29.8 Å². The number of nitrogens with zero attached hydrogens (tertiary/aromatic N) is 2. The predicted octanol–water partition coefficient (Wildman–Crippen LogP) is -1.03. The summed E-state index contributed by atoms with van der Waals surface area (Å²) in [5, 5.41) is 0. The van der Waals surface area contributed by atoms with Crippen LogP contribution in [-0.2, 0) is 62.0 Å². The SMILES string of the molecule is COC(=O)/C=C/C(=O)OC(C)C(=O)N(C)CC(=O)OCCCOC(=O)/C=C/C(=O)OC(C)(C=O)CN1CCOCC1. The molecule has 0 bridgehead atoms. The molecule has 1 fully saturated rings. The smallest absolute Gasteiger partial charge is 0.332 e. The lowest BCUT2D eigenvalue weighted by Crippen LogP contribution is -2.49. The fourth-order valence-electron chi connectivity index (χ4n) is 3.26. The minimum Gasteiger partial charge on any atom is -0.466 e. The van der Waals surface area contributed by atoms with Gasteiger partial charge in [-0.15, -0.1) is 0 Å². The van der Waals surface area contributed by atoms with Gasteiger partial charge in [-0.2, -0.15) is 0 Å². The van der Waals surface area contributed by atoms with Gasteiger partial charge in [-0.1, -0.05) is 0 Å². The molecule has 1 rings (SSSR count). The fraction of sp³-hybridized carbons (Fsp3) is 0.577. The Morgan fingerprint density at radius 2 is 1.51 bits per heavy atom. The standard InChI is InChI=1S/C26H36N2O13/c1-19(40-22(32)8-6-20(30)36-4)25(35)27(3)16-24(34)39-13-5-12-38-21(31)7-9-23(33)41-26(2,18-29)17-28-10-14-37-15-11-28/h6-9,18-19H,5,10-17H2,1-4H3/b8-6+,9-7+. The van der Waals surface area contributed by atoms with Crippen LogP contribution >= 0.6 is 0 Å². The number of esters is 5. The quantitative estimate of drug-likeness (QED) is 0.0706. The van der Waals surface area contributed by atoms with Crippen LogP contribution in [0.3, 0.4) is 0 Å². The van der Waals surface area contributed by atoms with Gasteiger partial charge in [-0.3, -0.25) is 19.3 Å². The lowest BCUT2D eigenvalue weighted by atomic mass is 10.1. The summed E-state index contributed by atoms with van der Waals surface area (Å²) < 4.78 is 29.5. The summed E-state index contributed by atoms with van der Waals surface area (Å²) in [4.78, 5) is 85.1. The van der Waals surface area contributed by atoms with E-state index >= 15 is 0 Å². The van der Waals surface area contributed by atoms with Crippen LogP contribution in [-0.4, -0.2) is 130 Å². The van der Waals surface area contributed by atoms with E-state index in [4.69, 9.17) is 23.7 Å². The molecule has 0 aliphatic carbocycles. The number of hydrogen-bond acceptors (Lipinski definition) is 14. The Morgan fingerprint density at radius 1 is 0.927 bits per heavy atom. The first-order valence-electron chi connectivity index (χ1n) is 12.6. The van der Waals surface area contributed by atoms with E-state index < -0.39 is 54.0 Å². The Bertz CT molecular complexity index is 1000. The molecule has 1 aliphatic rings. The number of methoxy groups -OCH3 is 1. The molecule has 41 heavy (non-hydrogen) atoms. The first-order chi connectivity index (χ1) is 19.4. The van der Waals surface area contributed by atoms with Gasteiger partial charge in [-0.05, 0) is 13.8 Å². The van der Waals surface area contributed by atoms with Crippen LogP contribution in [0.1, 0.15) is 20.3 Å². The van der Waals surface area contributed by atoms with E-state index in [0.29, 0.717) is 32.6 Å². The largest absolute Gasteiger partial charge is 0.466 e. The zero-order valence-electron chi connectivity index (χ0n) is 23.5. The number of hydrogen-bond donors (Lipinski definition) is 0. The van der Waals surface area contributed by atoms with Crippen LogP contribution in [0.25, 0.3) is 0 Å². The second kappa shape index (κ2) is 18.3. The molecule has 2 atom stereocenters. The maximum Gasteiger partial charge on any atom is 0.332 e. The average molecular weight is 585 g/mol. The van der Waals surface area contributed by atoms with Gasteiger partial charge in [0.05, 0.1) is 33.5 Å². The Morgan fingerprint density at radius 3 is 2.15 bits per heavy atom. The predicted molar refractivity (Wildman–Crippen MR) is 138 cm³/mol. The second-order valence-corrected chi connectivity index (χ2v) is 8.94. The second-order valence-electron chi connectivity index (χ2n) is 8.94. The summed E-state index contributed by atoms with van der Waals surface area (Å²) in [6.45, 7) is 4.50. The summed E-state index contributed by atoms with van der Waals surface area (Å²) in [7, 11) is 2.43. The van der Waals surface area contributed by atoms with Crippen molar-refractivity contribution in [2.45, 2.75) is 32.0 Å². The van der Waals surface area contributed by atoms with E-state index in [-0.39, 0.29) is 26.2 Å². The molecule has 0 aromatic heterocycles. The minimum absolute atomic E-state index is 0.123. The number of carbonyl (C=O) groups excluding carboxylic acids is 7. The number of amides is 1. The van der Waals surface area contributed by atoms with Crippen molar-refractivity contribution in [3.63, 3.8) is 0 Å². The third-order valence-corrected chi connectivity index (χ3v) is 5.32. The number of likely N-dealkylation sites (N-methyl/N-ethyl adjacent to an activating group) is 1. The fourth-order valence-corrected chi connectivity index (χ4v) is 3.26. The zero-order valence-corrected chi connectivity index (χ0v) is 23.5. The summed E-state index contributed by atoms with van der Waals surface area (Å²) in [6.07, 6.45) is 2.78. The maximum atomic E-state index is 12.3. The van der Waals surface area contributed by atoms with Crippen molar-refractivity contribution in [1.29, 1.82) is 0 Å². The zero-order chi connectivity index (χ0) is 30.8. The van der Waals surface area contributed by atoms with E-state index in [1.807, 2.05) is 4.90 Å². The normalized spacial score (nSPS) is 15.8. The van der Waals surface area contributed by atoms with Crippen LogP contribution in [0, 0.1) is 0 Å². The average Bonchev–Trinajstić information content (AvgIpc) is 2.94. The highest BCUT2D eigenvalue weighted by molar-refractivity contribution is 5.94. The molecule has 0 spiro atoms. The van der Waals surface area contributed by atoms with Crippen molar-refractivity contribution in [2.24, 2.45) is 0 Å². The number of carbonyl (C=O) groups is 7. The van der Waals surface area contributed by atoms with E-state index in [9.17, 15) is 33.6 Å². The Kier molecular flexibility index (Phi) is 15.6. The number of ether oxygens (including phenoxy) is 6. The highest BCUT2D eigenvalue weighted by atomic mass is 16.6. The van der Waals surface area contributed by atoms with Gasteiger partial charge in [0.25, 0.3) is 5.91 Å². The third-order valence-electron chi connectivity index (χ3n) is 5.32. The number of rotatable bonds is 16. The third kappa shape index (κ3) is 14.7. The highest BCUT2D eigenvalue weighted by Crippen LogP contribution is 2.12. The molecule has 1 aliphatic heterocycles. The molecule has 15 nitrogen and oxygen atoms in total. The van der Waals surface area contributed by atoms with Crippen molar-refractivity contribution in [2.75, 3.05) is 66.8 Å². The molecule has 2 unspecified atom stereocenters. The van der Waals surface area contributed by atoms with Gasteiger partial charge < -0.3 is 33.3 Å². The van der Waals surface area contributed by atoms with Crippen LogP contribution in [0.4, 0.5) is 0 Å². The lowest BCUT2D eigenvalue weighted by molar-refractivity contribution is -0.159. The summed E-state index contributed by atoms with van der Waals surface area (Å²) in [5.41, 5.74) is -1.39. The van der Waals surface area contributed by atoms with E-state index in [0.717, 1.165) is 36.3 Å². The molecule has 228 valence electrons. The maximum absolute atomic E-state index is 12.3. The summed E-state index contributed by atoms with van der Waals surface area (Å²) in [6, 6.07) is 0. The van der Waals surface area contributed by atoms with Crippen molar-refractivity contribution < 1.29 is 62.0 Å². The highest BCUT2D eigenvalue weighted by Gasteiger charge is 2.31. The van der Waals surface area contributed by atoms with E-state index in [1.54, 1.807) is 0 Å². The van der Waals surface area contributed by atoms with Crippen LogP contribution in [0.15, 0.2) is 24.3 Å². The van der Waals surface area contributed by atoms with E-state index in [1.165, 1.54) is 20.9 Å². The van der Waals surface area contributed by atoms with Crippen molar-refractivity contribution >= 4 is 42.0 Å². The minimum atomic E-state index is -1.39. The Hall–Kier alpha value is -4.11. The number of aldehydes is 1. The molecule has 0 aromatic carbocycles. The molecule has 15 heteroatoms. The molecule has 1 heterocycles. The molecular formula is C26H36N2O13. The van der Waals surface area contributed by atoms with Crippen molar-refractivity contribution in [3.8, 4) is 0 Å². The van der Waals surface area contributed by atoms with Crippen LogP contribution < -0.4 is 0 Å². The molecular weight excluding hydrogens is 548 g/mol. The first-order valence-corrected chi connectivity index (χ1v) is 12.6. The van der Waals surface area contributed by atoms with Gasteiger partial charge in [0, 0.05) is 57.4 Å². The van der Waals surface area contributed by atoms with Crippen molar-refractivity contribution in [1.82, 2.24) is 9.80 Å².